The Labute approximate surface area is 148 Å². The fourth-order valence-corrected chi connectivity index (χ4v) is 3.17. The SMILES string of the molecule is O=C(Cc1c(F)c(F)c(F)c(F)c1F)Nc1ccccc1-c1cccs1. The lowest BCUT2D eigenvalue weighted by molar-refractivity contribution is -0.115. The van der Waals surface area contributed by atoms with Crippen molar-refractivity contribution >= 4 is 22.9 Å². The largest absolute Gasteiger partial charge is 0.325 e. The molecule has 0 fully saturated rings. The van der Waals surface area contributed by atoms with Gasteiger partial charge in [0.2, 0.25) is 11.7 Å². The van der Waals surface area contributed by atoms with Crippen LogP contribution in [-0.2, 0) is 11.2 Å². The van der Waals surface area contributed by atoms with Crippen LogP contribution in [0.25, 0.3) is 10.4 Å². The third kappa shape index (κ3) is 3.32. The first kappa shape index (κ1) is 18.1. The van der Waals surface area contributed by atoms with Crippen LogP contribution in [0.15, 0.2) is 41.8 Å². The van der Waals surface area contributed by atoms with Crippen LogP contribution in [0.3, 0.4) is 0 Å². The highest BCUT2D eigenvalue weighted by molar-refractivity contribution is 7.13. The molecule has 134 valence electrons. The average molecular weight is 383 g/mol. The Morgan fingerprint density at radius 3 is 2.08 bits per heavy atom. The lowest BCUT2D eigenvalue weighted by Gasteiger charge is -2.11. The van der Waals surface area contributed by atoms with Gasteiger partial charge in [0.05, 0.1) is 6.42 Å². The van der Waals surface area contributed by atoms with Crippen LogP contribution < -0.4 is 5.32 Å². The maximum Gasteiger partial charge on any atom is 0.229 e. The highest BCUT2D eigenvalue weighted by atomic mass is 32.1. The molecule has 0 spiro atoms. The van der Waals surface area contributed by atoms with E-state index in [1.165, 1.54) is 11.3 Å². The second kappa shape index (κ2) is 7.25. The summed E-state index contributed by atoms with van der Waals surface area (Å²) in [5.74, 6) is -11.3. The van der Waals surface area contributed by atoms with Crippen LogP contribution in [-0.4, -0.2) is 5.91 Å². The molecule has 0 atom stereocenters. The number of nitrogens with one attached hydrogen (secondary N) is 1. The van der Waals surface area contributed by atoms with Gasteiger partial charge < -0.3 is 5.32 Å². The molecule has 3 rings (SSSR count). The standard InChI is InChI=1S/C18H10F5NOS/c19-14-10(15(20)17(22)18(23)16(14)21)8-13(25)24-11-5-2-1-4-9(11)12-6-3-7-26-12/h1-7H,8H2,(H,24,25). The third-order valence-corrected chi connectivity index (χ3v) is 4.53. The third-order valence-electron chi connectivity index (χ3n) is 3.63. The number of benzene rings is 2. The van der Waals surface area contributed by atoms with Gasteiger partial charge in [-0.2, -0.15) is 0 Å². The van der Waals surface area contributed by atoms with Crippen molar-refractivity contribution in [3.63, 3.8) is 0 Å². The fourth-order valence-electron chi connectivity index (χ4n) is 2.40. The van der Waals surface area contributed by atoms with Crippen LogP contribution in [0.4, 0.5) is 27.6 Å². The smallest absolute Gasteiger partial charge is 0.229 e. The van der Waals surface area contributed by atoms with Crippen molar-refractivity contribution in [2.24, 2.45) is 0 Å². The minimum atomic E-state index is -2.26. The van der Waals surface area contributed by atoms with Gasteiger partial charge >= 0.3 is 0 Å². The number of hydrogen-bond acceptors (Lipinski definition) is 2. The molecule has 0 bridgehead atoms. The van der Waals surface area contributed by atoms with Crippen molar-refractivity contribution < 1.29 is 26.7 Å². The van der Waals surface area contributed by atoms with E-state index in [1.807, 2.05) is 17.5 Å². The number of rotatable bonds is 4. The predicted molar refractivity (Wildman–Crippen MR) is 88.3 cm³/mol. The number of thiophene rings is 1. The van der Waals surface area contributed by atoms with Gasteiger partial charge in [0.1, 0.15) is 0 Å². The topological polar surface area (TPSA) is 29.1 Å². The molecule has 1 N–H and O–H groups in total. The minimum absolute atomic E-state index is 0.365. The molecule has 1 amide bonds. The summed E-state index contributed by atoms with van der Waals surface area (Å²) in [6.45, 7) is 0. The van der Waals surface area contributed by atoms with Crippen molar-refractivity contribution in [3.8, 4) is 10.4 Å². The summed E-state index contributed by atoms with van der Waals surface area (Å²) in [4.78, 5) is 13.0. The predicted octanol–water partition coefficient (Wildman–Crippen LogP) is 5.29. The van der Waals surface area contributed by atoms with E-state index in [1.54, 1.807) is 24.3 Å². The van der Waals surface area contributed by atoms with E-state index in [9.17, 15) is 26.7 Å². The molecule has 0 saturated carbocycles. The first-order chi connectivity index (χ1) is 12.4. The molecule has 0 aliphatic carbocycles. The van der Waals surface area contributed by atoms with Gasteiger partial charge in [-0.1, -0.05) is 24.3 Å². The van der Waals surface area contributed by atoms with Crippen molar-refractivity contribution in [2.75, 3.05) is 5.32 Å². The van der Waals surface area contributed by atoms with Crippen molar-refractivity contribution in [1.82, 2.24) is 0 Å². The first-order valence-electron chi connectivity index (χ1n) is 7.33. The first-order valence-corrected chi connectivity index (χ1v) is 8.21. The zero-order valence-corrected chi connectivity index (χ0v) is 13.8. The molecule has 8 heteroatoms. The van der Waals surface area contributed by atoms with E-state index in [2.05, 4.69) is 5.32 Å². The number of carbonyl (C=O) groups is 1. The molecule has 2 aromatic carbocycles. The summed E-state index contributed by atoms with van der Waals surface area (Å²) in [7, 11) is 0. The molecular weight excluding hydrogens is 373 g/mol. The molecule has 0 unspecified atom stereocenters. The molecule has 0 saturated heterocycles. The number of para-hydroxylation sites is 1. The summed E-state index contributed by atoms with van der Waals surface area (Å²) in [6.07, 6.45) is -0.995. The lowest BCUT2D eigenvalue weighted by Crippen LogP contribution is -2.18. The summed E-state index contributed by atoms with van der Waals surface area (Å²) < 4.78 is 67.0. The Balaban J connectivity index is 1.88. The second-order valence-electron chi connectivity index (χ2n) is 5.30. The van der Waals surface area contributed by atoms with E-state index >= 15 is 0 Å². The number of hydrogen-bond donors (Lipinski definition) is 1. The van der Waals surface area contributed by atoms with Gasteiger partial charge in [-0.05, 0) is 17.5 Å². The van der Waals surface area contributed by atoms with E-state index in [0.717, 1.165) is 4.88 Å². The highest BCUT2D eigenvalue weighted by Crippen LogP contribution is 2.31. The van der Waals surface area contributed by atoms with Crippen molar-refractivity contribution in [3.05, 3.63) is 76.4 Å². The summed E-state index contributed by atoms with van der Waals surface area (Å²) in [6, 6.07) is 10.3. The fraction of sp³-hybridized carbons (Fsp3) is 0.0556. The summed E-state index contributed by atoms with van der Waals surface area (Å²) >= 11 is 1.42. The number of carbonyl (C=O) groups excluding carboxylic acids is 1. The van der Waals surface area contributed by atoms with Gasteiger partial charge in [-0.3, -0.25) is 4.79 Å². The van der Waals surface area contributed by atoms with Crippen LogP contribution in [0.2, 0.25) is 0 Å². The molecule has 1 aromatic heterocycles. The van der Waals surface area contributed by atoms with Gasteiger partial charge in [-0.25, -0.2) is 22.0 Å². The summed E-state index contributed by atoms with van der Waals surface area (Å²) in [5.41, 5.74) is -0.135. The zero-order valence-electron chi connectivity index (χ0n) is 13.0. The Morgan fingerprint density at radius 1 is 0.846 bits per heavy atom. The van der Waals surface area contributed by atoms with Crippen LogP contribution in [0.5, 0.6) is 0 Å². The van der Waals surface area contributed by atoms with E-state index in [4.69, 9.17) is 0 Å². The maximum atomic E-state index is 13.7. The maximum absolute atomic E-state index is 13.7. The number of anilines is 1. The molecule has 26 heavy (non-hydrogen) atoms. The highest BCUT2D eigenvalue weighted by Gasteiger charge is 2.27. The molecule has 1 heterocycles. The minimum Gasteiger partial charge on any atom is -0.325 e. The normalized spacial score (nSPS) is 10.8. The average Bonchev–Trinajstić information content (AvgIpc) is 3.17. The molecule has 0 radical (unpaired) electrons. The van der Waals surface area contributed by atoms with E-state index < -0.39 is 47.0 Å². The second-order valence-corrected chi connectivity index (χ2v) is 6.24. The van der Waals surface area contributed by atoms with Gasteiger partial charge in [0, 0.05) is 21.7 Å². The molecule has 0 aliphatic heterocycles. The lowest BCUT2D eigenvalue weighted by atomic mass is 10.1. The molecule has 0 aliphatic rings. The number of amides is 1. The van der Waals surface area contributed by atoms with Gasteiger partial charge in [-0.15, -0.1) is 11.3 Å². The molecule has 3 aromatic rings. The monoisotopic (exact) mass is 383 g/mol. The number of halogens is 5. The molecular formula is C18H10F5NOS. The van der Waals surface area contributed by atoms with E-state index in [-0.39, 0.29) is 0 Å². The summed E-state index contributed by atoms with van der Waals surface area (Å²) in [5, 5.41) is 4.29. The Hall–Kier alpha value is -2.74. The van der Waals surface area contributed by atoms with Crippen molar-refractivity contribution in [2.45, 2.75) is 6.42 Å². The van der Waals surface area contributed by atoms with Crippen LogP contribution in [0, 0.1) is 29.1 Å². The quantitative estimate of drug-likeness (QED) is 0.370. The zero-order chi connectivity index (χ0) is 18.8. The van der Waals surface area contributed by atoms with Gasteiger partial charge in [0.15, 0.2) is 23.3 Å². The van der Waals surface area contributed by atoms with Crippen LogP contribution in [0.1, 0.15) is 5.56 Å². The molecule has 2 nitrogen and oxygen atoms in total. The Bertz CT molecular complexity index is 943. The Kier molecular flexibility index (Phi) is 5.03. The Morgan fingerprint density at radius 2 is 1.46 bits per heavy atom. The van der Waals surface area contributed by atoms with Gasteiger partial charge in [0.25, 0.3) is 0 Å². The van der Waals surface area contributed by atoms with Crippen molar-refractivity contribution in [1.29, 1.82) is 0 Å². The van der Waals surface area contributed by atoms with Crippen LogP contribution >= 0.6 is 11.3 Å². The van der Waals surface area contributed by atoms with E-state index in [0.29, 0.717) is 11.3 Å².